The van der Waals surface area contributed by atoms with Crippen LogP contribution in [0.15, 0.2) is 30.6 Å². The van der Waals surface area contributed by atoms with Crippen molar-refractivity contribution in [3.05, 3.63) is 46.7 Å². The number of halogens is 1. The lowest BCUT2D eigenvalue weighted by molar-refractivity contribution is -0.137. The molecule has 0 radical (unpaired) electrons. The summed E-state index contributed by atoms with van der Waals surface area (Å²) in [4.78, 5) is 20.2. The average Bonchev–Trinajstić information content (AvgIpc) is 3.27. The Bertz CT molecular complexity index is 988. The zero-order valence-corrected chi connectivity index (χ0v) is 22.3. The van der Waals surface area contributed by atoms with E-state index < -0.39 is 0 Å². The van der Waals surface area contributed by atoms with Gasteiger partial charge in [-0.1, -0.05) is 18.5 Å². The SMILES string of the molecule is CCCn1cc(CN2CCC[C@@](COc3ccc(Cl)c(C)c3)(CC(=O)N3CCN(C)CC3)C2)cn1. The summed E-state index contributed by atoms with van der Waals surface area (Å²) in [7, 11) is 2.12. The van der Waals surface area contributed by atoms with Crippen LogP contribution in [-0.2, 0) is 17.9 Å². The number of piperazine rings is 1. The van der Waals surface area contributed by atoms with Gasteiger partial charge in [-0.3, -0.25) is 14.4 Å². The smallest absolute Gasteiger partial charge is 0.223 e. The van der Waals surface area contributed by atoms with Crippen LogP contribution in [0.4, 0.5) is 0 Å². The third-order valence-electron chi connectivity index (χ3n) is 7.34. The van der Waals surface area contributed by atoms with Crippen LogP contribution in [0.3, 0.4) is 0 Å². The monoisotopic (exact) mass is 501 g/mol. The van der Waals surface area contributed by atoms with Crippen molar-refractivity contribution in [2.75, 3.05) is 52.9 Å². The normalized spacial score (nSPS) is 21.9. The van der Waals surface area contributed by atoms with Gasteiger partial charge in [-0.25, -0.2) is 0 Å². The summed E-state index contributed by atoms with van der Waals surface area (Å²) < 4.78 is 8.37. The third kappa shape index (κ3) is 6.99. The highest BCUT2D eigenvalue weighted by molar-refractivity contribution is 6.31. The second kappa shape index (κ2) is 11.8. The minimum atomic E-state index is -0.217. The van der Waals surface area contributed by atoms with E-state index in [4.69, 9.17) is 16.3 Å². The van der Waals surface area contributed by atoms with Crippen molar-refractivity contribution in [1.82, 2.24) is 24.5 Å². The third-order valence-corrected chi connectivity index (χ3v) is 7.77. The number of carbonyl (C=O) groups excluding carboxylic acids is 1. The first-order chi connectivity index (χ1) is 16.9. The molecule has 0 spiro atoms. The molecule has 0 saturated carbocycles. The van der Waals surface area contributed by atoms with E-state index in [2.05, 4.69) is 35.1 Å². The highest BCUT2D eigenvalue weighted by Gasteiger charge is 2.40. The number of benzene rings is 1. The van der Waals surface area contributed by atoms with Crippen LogP contribution in [0.5, 0.6) is 5.75 Å². The molecule has 2 aliphatic rings. The topological polar surface area (TPSA) is 53.8 Å². The molecule has 3 heterocycles. The molecule has 0 aliphatic carbocycles. The van der Waals surface area contributed by atoms with Crippen molar-refractivity contribution >= 4 is 17.5 Å². The van der Waals surface area contributed by atoms with Gasteiger partial charge in [-0.2, -0.15) is 5.10 Å². The number of ether oxygens (including phenoxy) is 1. The number of likely N-dealkylation sites (N-methyl/N-ethyl adjacent to an activating group) is 1. The largest absolute Gasteiger partial charge is 0.493 e. The highest BCUT2D eigenvalue weighted by atomic mass is 35.5. The number of aromatic nitrogens is 2. The Kier molecular flexibility index (Phi) is 8.73. The van der Waals surface area contributed by atoms with E-state index in [-0.39, 0.29) is 11.3 Å². The molecule has 0 unspecified atom stereocenters. The number of piperidine rings is 1. The molecule has 2 aliphatic heterocycles. The van der Waals surface area contributed by atoms with E-state index in [9.17, 15) is 4.79 Å². The number of carbonyl (C=O) groups is 1. The fourth-order valence-corrected chi connectivity index (χ4v) is 5.41. The van der Waals surface area contributed by atoms with Gasteiger partial charge in [0.1, 0.15) is 5.75 Å². The Morgan fingerprint density at radius 3 is 2.74 bits per heavy atom. The van der Waals surface area contributed by atoms with Gasteiger partial charge in [0.25, 0.3) is 0 Å². The molecule has 0 N–H and O–H groups in total. The maximum Gasteiger partial charge on any atom is 0.223 e. The maximum atomic E-state index is 13.4. The highest BCUT2D eigenvalue weighted by Crippen LogP contribution is 2.36. The van der Waals surface area contributed by atoms with Gasteiger partial charge in [0, 0.05) is 74.4 Å². The molecular formula is C27H40ClN5O2. The molecule has 35 heavy (non-hydrogen) atoms. The van der Waals surface area contributed by atoms with E-state index in [1.165, 1.54) is 5.56 Å². The first-order valence-corrected chi connectivity index (χ1v) is 13.3. The van der Waals surface area contributed by atoms with Crippen molar-refractivity contribution in [3.63, 3.8) is 0 Å². The fourth-order valence-electron chi connectivity index (χ4n) is 5.29. The maximum absolute atomic E-state index is 13.4. The molecule has 1 atom stereocenters. The molecule has 4 rings (SSSR count). The lowest BCUT2D eigenvalue weighted by Gasteiger charge is -2.43. The zero-order valence-electron chi connectivity index (χ0n) is 21.5. The van der Waals surface area contributed by atoms with Crippen molar-refractivity contribution in [2.24, 2.45) is 5.41 Å². The summed E-state index contributed by atoms with van der Waals surface area (Å²) in [5, 5.41) is 5.25. The van der Waals surface area contributed by atoms with Crippen molar-refractivity contribution in [1.29, 1.82) is 0 Å². The minimum absolute atomic E-state index is 0.217. The molecule has 8 heteroatoms. The molecule has 192 valence electrons. The number of hydrogen-bond donors (Lipinski definition) is 0. The van der Waals surface area contributed by atoms with Crippen LogP contribution >= 0.6 is 11.6 Å². The summed E-state index contributed by atoms with van der Waals surface area (Å²) in [5.41, 5.74) is 2.01. The van der Waals surface area contributed by atoms with Crippen LogP contribution in [0, 0.1) is 12.3 Å². The molecule has 1 aromatic heterocycles. The van der Waals surface area contributed by atoms with Crippen LogP contribution in [0.1, 0.15) is 43.7 Å². The summed E-state index contributed by atoms with van der Waals surface area (Å²) in [6.45, 7) is 11.8. The summed E-state index contributed by atoms with van der Waals surface area (Å²) in [6, 6.07) is 5.80. The van der Waals surface area contributed by atoms with Gasteiger partial charge < -0.3 is 14.5 Å². The molecule has 7 nitrogen and oxygen atoms in total. The Hall–Kier alpha value is -2.09. The van der Waals surface area contributed by atoms with E-state index in [1.54, 1.807) is 0 Å². The van der Waals surface area contributed by atoms with Crippen molar-refractivity contribution in [2.45, 2.75) is 52.6 Å². The standard InChI is InChI=1S/C27H40ClN5O2/c1-4-9-33-19-23(17-29-33)18-31-10-5-8-27(20-31,16-26(34)32-13-11-30(3)12-14-32)21-35-24-6-7-25(28)22(2)15-24/h6-7,15,17,19H,4-5,8-14,16,18,20-21H2,1-3H3/t27-/m1/s1. The number of hydrogen-bond acceptors (Lipinski definition) is 5. The van der Waals surface area contributed by atoms with E-state index in [0.29, 0.717) is 13.0 Å². The predicted octanol–water partition coefficient (Wildman–Crippen LogP) is 4.08. The van der Waals surface area contributed by atoms with Gasteiger partial charge in [-0.15, -0.1) is 0 Å². The first-order valence-electron chi connectivity index (χ1n) is 12.9. The number of rotatable bonds is 9. The van der Waals surface area contributed by atoms with Gasteiger partial charge in [-0.05, 0) is 63.5 Å². The molecule has 1 amide bonds. The fraction of sp³-hybridized carbons (Fsp3) is 0.630. The molecule has 0 bridgehead atoms. The number of amides is 1. The van der Waals surface area contributed by atoms with Gasteiger partial charge in [0.15, 0.2) is 0 Å². The lowest BCUT2D eigenvalue weighted by atomic mass is 9.77. The predicted molar refractivity (Wildman–Crippen MR) is 140 cm³/mol. The number of nitrogens with zero attached hydrogens (tertiary/aromatic N) is 5. The molecule has 2 fully saturated rings. The molecular weight excluding hydrogens is 462 g/mol. The van der Waals surface area contributed by atoms with Crippen LogP contribution in [-0.4, -0.2) is 83.3 Å². The van der Waals surface area contributed by atoms with Gasteiger partial charge in [0.2, 0.25) is 5.91 Å². The van der Waals surface area contributed by atoms with Gasteiger partial charge >= 0.3 is 0 Å². The van der Waals surface area contributed by atoms with Crippen LogP contribution < -0.4 is 4.74 Å². The average molecular weight is 502 g/mol. The number of aryl methyl sites for hydroxylation is 2. The summed E-state index contributed by atoms with van der Waals surface area (Å²) in [5.74, 6) is 1.07. The van der Waals surface area contributed by atoms with Crippen molar-refractivity contribution in [3.8, 4) is 5.75 Å². The molecule has 1 aromatic carbocycles. The Labute approximate surface area is 215 Å². The molecule has 2 aromatic rings. The molecule has 2 saturated heterocycles. The number of likely N-dealkylation sites (tertiary alicyclic amines) is 1. The van der Waals surface area contributed by atoms with Crippen molar-refractivity contribution < 1.29 is 9.53 Å². The summed E-state index contributed by atoms with van der Waals surface area (Å²) in [6.07, 6.45) is 7.78. The summed E-state index contributed by atoms with van der Waals surface area (Å²) >= 11 is 6.22. The van der Waals surface area contributed by atoms with E-state index in [1.807, 2.05) is 40.9 Å². The lowest BCUT2D eigenvalue weighted by Crippen LogP contribution is -2.52. The second-order valence-corrected chi connectivity index (χ2v) is 10.9. The van der Waals surface area contributed by atoms with E-state index in [0.717, 1.165) is 88.0 Å². The Balaban J connectivity index is 1.47. The van der Waals surface area contributed by atoms with Crippen LogP contribution in [0.2, 0.25) is 5.02 Å². The zero-order chi connectivity index (χ0) is 24.8. The second-order valence-electron chi connectivity index (χ2n) is 10.5. The van der Waals surface area contributed by atoms with E-state index >= 15 is 0 Å². The van der Waals surface area contributed by atoms with Crippen LogP contribution in [0.25, 0.3) is 0 Å². The minimum Gasteiger partial charge on any atom is -0.493 e. The van der Waals surface area contributed by atoms with Gasteiger partial charge in [0.05, 0.1) is 12.8 Å². The Morgan fingerprint density at radius 1 is 1.20 bits per heavy atom. The Morgan fingerprint density at radius 2 is 2.00 bits per heavy atom. The first kappa shape index (κ1) is 26.0. The quantitative estimate of drug-likeness (QED) is 0.518.